The van der Waals surface area contributed by atoms with Gasteiger partial charge in [0.05, 0.1) is 12.5 Å². The maximum absolute atomic E-state index is 10.9. The van der Waals surface area contributed by atoms with Crippen LogP contribution in [-0.4, -0.2) is 17.7 Å². The molecule has 96 valence electrons. The number of allylic oxidation sites excluding steroid dienone is 2. The summed E-state index contributed by atoms with van der Waals surface area (Å²) in [5, 5.41) is 8.94. The Morgan fingerprint density at radius 1 is 1.39 bits per heavy atom. The summed E-state index contributed by atoms with van der Waals surface area (Å²) in [6.45, 7) is 2.63. The zero-order chi connectivity index (χ0) is 13.0. The van der Waals surface area contributed by atoms with E-state index in [1.165, 1.54) is 11.1 Å². The van der Waals surface area contributed by atoms with Crippen molar-refractivity contribution in [2.24, 2.45) is 5.92 Å². The molecule has 0 saturated carbocycles. The van der Waals surface area contributed by atoms with E-state index in [1.807, 2.05) is 31.2 Å². The SMILES string of the molecule is CCOc1ccc(C2=CCC(C(=O)O)CC2)cc1. The molecule has 0 spiro atoms. The van der Waals surface area contributed by atoms with Crippen LogP contribution in [0.3, 0.4) is 0 Å². The molecule has 0 amide bonds. The molecule has 1 aromatic carbocycles. The first kappa shape index (κ1) is 12.7. The van der Waals surface area contributed by atoms with E-state index in [2.05, 4.69) is 6.08 Å². The first-order valence-corrected chi connectivity index (χ1v) is 6.35. The van der Waals surface area contributed by atoms with Crippen LogP contribution in [0.15, 0.2) is 30.3 Å². The molecule has 0 fully saturated rings. The normalized spacial score (nSPS) is 19.2. The summed E-state index contributed by atoms with van der Waals surface area (Å²) in [5.41, 5.74) is 2.41. The first-order chi connectivity index (χ1) is 8.70. The predicted molar refractivity (Wildman–Crippen MR) is 70.6 cm³/mol. The number of rotatable bonds is 4. The number of ether oxygens (including phenoxy) is 1. The van der Waals surface area contributed by atoms with E-state index in [1.54, 1.807) is 0 Å². The average Bonchev–Trinajstić information content (AvgIpc) is 2.40. The largest absolute Gasteiger partial charge is 0.494 e. The molecule has 1 unspecified atom stereocenters. The van der Waals surface area contributed by atoms with Gasteiger partial charge in [-0.1, -0.05) is 18.2 Å². The fourth-order valence-electron chi connectivity index (χ4n) is 2.25. The summed E-state index contributed by atoms with van der Waals surface area (Å²) in [7, 11) is 0. The molecule has 1 aliphatic rings. The summed E-state index contributed by atoms with van der Waals surface area (Å²) >= 11 is 0. The molecule has 0 aromatic heterocycles. The molecular formula is C15H18O3. The van der Waals surface area contributed by atoms with Gasteiger partial charge in [0.2, 0.25) is 0 Å². The highest BCUT2D eigenvalue weighted by Crippen LogP contribution is 2.31. The van der Waals surface area contributed by atoms with Crippen molar-refractivity contribution in [1.82, 2.24) is 0 Å². The van der Waals surface area contributed by atoms with Gasteiger partial charge in [0, 0.05) is 0 Å². The van der Waals surface area contributed by atoms with Gasteiger partial charge in [0.25, 0.3) is 0 Å². The summed E-state index contributed by atoms with van der Waals surface area (Å²) in [6.07, 6.45) is 4.26. The minimum absolute atomic E-state index is 0.212. The first-order valence-electron chi connectivity index (χ1n) is 6.35. The number of hydrogen-bond acceptors (Lipinski definition) is 2. The Morgan fingerprint density at radius 2 is 2.11 bits per heavy atom. The average molecular weight is 246 g/mol. The summed E-state index contributed by atoms with van der Waals surface area (Å²) in [6, 6.07) is 8.00. The van der Waals surface area contributed by atoms with Crippen LogP contribution in [0.25, 0.3) is 5.57 Å². The van der Waals surface area contributed by atoms with Crippen LogP contribution in [-0.2, 0) is 4.79 Å². The van der Waals surface area contributed by atoms with Crippen molar-refractivity contribution in [2.75, 3.05) is 6.61 Å². The van der Waals surface area contributed by atoms with Crippen LogP contribution < -0.4 is 4.74 Å². The van der Waals surface area contributed by atoms with Crippen molar-refractivity contribution in [1.29, 1.82) is 0 Å². The second-order valence-corrected chi connectivity index (χ2v) is 4.50. The Bertz CT molecular complexity index is 445. The standard InChI is InChI=1S/C15H18O3/c1-2-18-14-9-7-12(8-10-14)11-3-5-13(6-4-11)15(16)17/h3,7-10,13H,2,4-6H2,1H3,(H,16,17). The second kappa shape index (κ2) is 5.71. The van der Waals surface area contributed by atoms with Gasteiger partial charge in [0.1, 0.15) is 5.75 Å². The Hall–Kier alpha value is -1.77. The Morgan fingerprint density at radius 3 is 2.61 bits per heavy atom. The van der Waals surface area contributed by atoms with E-state index in [0.717, 1.165) is 18.6 Å². The molecule has 2 rings (SSSR count). The zero-order valence-electron chi connectivity index (χ0n) is 10.6. The molecule has 3 heteroatoms. The minimum atomic E-state index is -0.683. The smallest absolute Gasteiger partial charge is 0.306 e. The molecule has 0 heterocycles. The lowest BCUT2D eigenvalue weighted by molar-refractivity contribution is -0.141. The van der Waals surface area contributed by atoms with Crippen molar-refractivity contribution in [2.45, 2.75) is 26.2 Å². The molecule has 0 aliphatic heterocycles. The Kier molecular flexibility index (Phi) is 4.03. The van der Waals surface area contributed by atoms with Crippen molar-refractivity contribution in [3.05, 3.63) is 35.9 Å². The highest BCUT2D eigenvalue weighted by molar-refractivity contribution is 5.74. The Balaban J connectivity index is 2.06. The van der Waals surface area contributed by atoms with Gasteiger partial charge < -0.3 is 9.84 Å². The van der Waals surface area contributed by atoms with Gasteiger partial charge in [-0.15, -0.1) is 0 Å². The molecule has 0 saturated heterocycles. The van der Waals surface area contributed by atoms with Gasteiger partial charge in [-0.25, -0.2) is 0 Å². The summed E-state index contributed by atoms with van der Waals surface area (Å²) in [4.78, 5) is 10.9. The third-order valence-electron chi connectivity index (χ3n) is 3.30. The lowest BCUT2D eigenvalue weighted by Crippen LogP contribution is -2.15. The van der Waals surface area contributed by atoms with Gasteiger partial charge in [-0.2, -0.15) is 0 Å². The molecule has 0 bridgehead atoms. The maximum atomic E-state index is 10.9. The quantitative estimate of drug-likeness (QED) is 0.886. The fraction of sp³-hybridized carbons (Fsp3) is 0.400. The Labute approximate surface area is 107 Å². The van der Waals surface area contributed by atoms with Crippen LogP contribution >= 0.6 is 0 Å². The summed E-state index contributed by atoms with van der Waals surface area (Å²) < 4.78 is 5.40. The lowest BCUT2D eigenvalue weighted by Gasteiger charge is -2.18. The summed E-state index contributed by atoms with van der Waals surface area (Å²) in [5.74, 6) is -0.0190. The van der Waals surface area contributed by atoms with Crippen LogP contribution in [0, 0.1) is 5.92 Å². The number of carboxylic acids is 1. The molecule has 1 aliphatic carbocycles. The lowest BCUT2D eigenvalue weighted by atomic mass is 9.87. The van der Waals surface area contributed by atoms with Gasteiger partial charge in [0.15, 0.2) is 0 Å². The number of carboxylic acid groups (broad SMARTS) is 1. The van der Waals surface area contributed by atoms with E-state index < -0.39 is 5.97 Å². The van der Waals surface area contributed by atoms with Crippen molar-refractivity contribution < 1.29 is 14.6 Å². The number of carbonyl (C=O) groups is 1. The molecule has 1 atom stereocenters. The fourth-order valence-corrected chi connectivity index (χ4v) is 2.25. The van der Waals surface area contributed by atoms with Crippen molar-refractivity contribution in [3.63, 3.8) is 0 Å². The second-order valence-electron chi connectivity index (χ2n) is 4.50. The van der Waals surface area contributed by atoms with Gasteiger partial charge in [-0.05, 0) is 49.5 Å². The van der Waals surface area contributed by atoms with Crippen molar-refractivity contribution >= 4 is 11.5 Å². The predicted octanol–water partition coefficient (Wildman–Crippen LogP) is 3.35. The highest BCUT2D eigenvalue weighted by Gasteiger charge is 2.21. The molecule has 18 heavy (non-hydrogen) atoms. The van der Waals surface area contributed by atoms with Crippen molar-refractivity contribution in [3.8, 4) is 5.75 Å². The van der Waals surface area contributed by atoms with E-state index in [-0.39, 0.29) is 5.92 Å². The van der Waals surface area contributed by atoms with Crippen LogP contribution in [0.2, 0.25) is 0 Å². The molecule has 1 aromatic rings. The van der Waals surface area contributed by atoms with Gasteiger partial charge in [-0.3, -0.25) is 4.79 Å². The van der Waals surface area contributed by atoms with Crippen LogP contribution in [0.4, 0.5) is 0 Å². The van der Waals surface area contributed by atoms with E-state index in [4.69, 9.17) is 9.84 Å². The number of aliphatic carboxylic acids is 1. The van der Waals surface area contributed by atoms with E-state index in [0.29, 0.717) is 13.0 Å². The monoisotopic (exact) mass is 246 g/mol. The van der Waals surface area contributed by atoms with E-state index >= 15 is 0 Å². The number of benzene rings is 1. The van der Waals surface area contributed by atoms with Crippen LogP contribution in [0.1, 0.15) is 31.7 Å². The molecule has 3 nitrogen and oxygen atoms in total. The van der Waals surface area contributed by atoms with Gasteiger partial charge >= 0.3 is 5.97 Å². The third kappa shape index (κ3) is 2.92. The van der Waals surface area contributed by atoms with Crippen LogP contribution in [0.5, 0.6) is 5.75 Å². The molecule has 0 radical (unpaired) electrons. The number of hydrogen-bond donors (Lipinski definition) is 1. The van der Waals surface area contributed by atoms with E-state index in [9.17, 15) is 4.79 Å². The minimum Gasteiger partial charge on any atom is -0.494 e. The zero-order valence-corrected chi connectivity index (χ0v) is 10.6. The topological polar surface area (TPSA) is 46.5 Å². The maximum Gasteiger partial charge on any atom is 0.306 e. The molecule has 1 N–H and O–H groups in total. The third-order valence-corrected chi connectivity index (χ3v) is 3.30. The highest BCUT2D eigenvalue weighted by atomic mass is 16.5. The molecular weight excluding hydrogens is 228 g/mol.